The van der Waals surface area contributed by atoms with Crippen molar-refractivity contribution in [2.45, 2.75) is 76.2 Å². The number of halogens is 2. The molecule has 0 spiro atoms. The Morgan fingerprint density at radius 2 is 1.52 bits per heavy atom. The van der Waals surface area contributed by atoms with E-state index in [0.29, 0.717) is 42.9 Å². The van der Waals surface area contributed by atoms with Crippen LogP contribution in [0.3, 0.4) is 0 Å². The number of likely N-dealkylation sites (N-methyl/N-ethyl adjacent to an activating group) is 1. The summed E-state index contributed by atoms with van der Waals surface area (Å²) in [5, 5.41) is 0. The summed E-state index contributed by atoms with van der Waals surface area (Å²) in [6.07, 6.45) is 5.16. The van der Waals surface area contributed by atoms with Crippen LogP contribution < -0.4 is 0 Å². The molecule has 0 aromatic heterocycles. The Balaban J connectivity index is 1.37. The van der Waals surface area contributed by atoms with Gasteiger partial charge in [-0.05, 0) is 80.7 Å². The SMILES string of the molecule is CCN(CCc1ccccc1)C(C)CCc1ccc(C2(F)CC2)c(C2(F)CC2)c1. The van der Waals surface area contributed by atoms with Gasteiger partial charge in [-0.25, -0.2) is 8.78 Å². The minimum Gasteiger partial charge on any atom is -0.301 e. The zero-order valence-electron chi connectivity index (χ0n) is 17.8. The fourth-order valence-corrected chi connectivity index (χ4v) is 4.43. The maximum atomic E-state index is 14.9. The van der Waals surface area contributed by atoms with Crippen molar-refractivity contribution in [1.82, 2.24) is 4.90 Å². The van der Waals surface area contributed by atoms with E-state index in [-0.39, 0.29) is 0 Å². The highest BCUT2D eigenvalue weighted by atomic mass is 19.1. The van der Waals surface area contributed by atoms with Crippen molar-refractivity contribution in [2.75, 3.05) is 13.1 Å². The Hall–Kier alpha value is -1.74. The standard InChI is InChI=1S/C26H33F2N/c1-3-29(18-13-21-7-5-4-6-8-21)20(2)9-10-22-11-12-23(25(27)14-15-25)24(19-22)26(28)16-17-26/h4-8,11-12,19-20H,3,9-10,13-18H2,1-2H3. The molecule has 0 aliphatic heterocycles. The number of rotatable bonds is 10. The average Bonchev–Trinajstić information content (AvgIpc) is 3.66. The molecule has 2 fully saturated rings. The van der Waals surface area contributed by atoms with Gasteiger partial charge in [0.15, 0.2) is 0 Å². The van der Waals surface area contributed by atoms with E-state index < -0.39 is 11.3 Å². The Kier molecular flexibility index (Phi) is 5.79. The summed E-state index contributed by atoms with van der Waals surface area (Å²) in [6, 6.07) is 16.9. The van der Waals surface area contributed by atoms with Crippen LogP contribution in [0.25, 0.3) is 0 Å². The molecule has 1 atom stereocenters. The second-order valence-electron chi connectivity index (χ2n) is 9.06. The monoisotopic (exact) mass is 397 g/mol. The van der Waals surface area contributed by atoms with Gasteiger partial charge in [0.25, 0.3) is 0 Å². The second-order valence-corrected chi connectivity index (χ2v) is 9.06. The highest BCUT2D eigenvalue weighted by Gasteiger charge is 2.53. The number of benzene rings is 2. The summed E-state index contributed by atoms with van der Waals surface area (Å²) in [4.78, 5) is 2.51. The summed E-state index contributed by atoms with van der Waals surface area (Å²) in [5.74, 6) is 0. The maximum absolute atomic E-state index is 14.9. The topological polar surface area (TPSA) is 3.24 Å². The van der Waals surface area contributed by atoms with Crippen LogP contribution in [0, 0.1) is 0 Å². The molecule has 2 aliphatic rings. The third-order valence-electron chi connectivity index (χ3n) is 6.84. The molecule has 4 rings (SSSR count). The predicted molar refractivity (Wildman–Crippen MR) is 116 cm³/mol. The molecule has 2 saturated carbocycles. The summed E-state index contributed by atoms with van der Waals surface area (Å²) < 4.78 is 29.6. The Morgan fingerprint density at radius 3 is 2.14 bits per heavy atom. The molecule has 2 aromatic carbocycles. The Bertz CT molecular complexity index is 824. The van der Waals surface area contributed by atoms with Crippen LogP contribution in [0.5, 0.6) is 0 Å². The van der Waals surface area contributed by atoms with E-state index in [1.54, 1.807) is 0 Å². The van der Waals surface area contributed by atoms with Crippen LogP contribution >= 0.6 is 0 Å². The molecule has 0 bridgehead atoms. The molecule has 0 radical (unpaired) electrons. The first kappa shape index (κ1) is 20.5. The van der Waals surface area contributed by atoms with Crippen LogP contribution in [0.2, 0.25) is 0 Å². The zero-order valence-corrected chi connectivity index (χ0v) is 17.8. The molecular formula is C26H33F2N. The van der Waals surface area contributed by atoms with Crippen LogP contribution in [0.15, 0.2) is 48.5 Å². The molecule has 0 N–H and O–H groups in total. The normalized spacial score (nSPS) is 19.9. The fraction of sp³-hybridized carbons (Fsp3) is 0.538. The van der Waals surface area contributed by atoms with Gasteiger partial charge in [-0.15, -0.1) is 0 Å². The van der Waals surface area contributed by atoms with Gasteiger partial charge in [0, 0.05) is 12.6 Å². The van der Waals surface area contributed by atoms with Crippen molar-refractivity contribution >= 4 is 0 Å². The minimum atomic E-state index is -1.27. The number of nitrogens with zero attached hydrogens (tertiary/aromatic N) is 1. The largest absolute Gasteiger partial charge is 0.301 e. The molecule has 2 aromatic rings. The summed E-state index contributed by atoms with van der Waals surface area (Å²) in [6.45, 7) is 6.56. The maximum Gasteiger partial charge on any atom is 0.136 e. The van der Waals surface area contributed by atoms with Gasteiger partial charge < -0.3 is 4.90 Å². The molecule has 0 heterocycles. The van der Waals surface area contributed by atoms with Crippen molar-refractivity contribution in [2.24, 2.45) is 0 Å². The lowest BCUT2D eigenvalue weighted by Crippen LogP contribution is -2.35. The van der Waals surface area contributed by atoms with E-state index >= 15 is 0 Å². The number of aryl methyl sites for hydroxylation is 1. The number of alkyl halides is 2. The first-order valence-corrected chi connectivity index (χ1v) is 11.2. The summed E-state index contributed by atoms with van der Waals surface area (Å²) >= 11 is 0. The van der Waals surface area contributed by atoms with Crippen molar-refractivity contribution in [3.63, 3.8) is 0 Å². The molecule has 2 aliphatic carbocycles. The molecule has 1 nitrogen and oxygen atoms in total. The van der Waals surface area contributed by atoms with Gasteiger partial charge >= 0.3 is 0 Å². The average molecular weight is 398 g/mol. The van der Waals surface area contributed by atoms with E-state index in [4.69, 9.17) is 0 Å². The number of hydrogen-bond acceptors (Lipinski definition) is 1. The van der Waals surface area contributed by atoms with E-state index in [1.807, 2.05) is 18.2 Å². The summed E-state index contributed by atoms with van der Waals surface area (Å²) in [7, 11) is 0. The van der Waals surface area contributed by atoms with Crippen molar-refractivity contribution < 1.29 is 8.78 Å². The second kappa shape index (κ2) is 8.18. The minimum absolute atomic E-state index is 0.461. The van der Waals surface area contributed by atoms with Crippen LogP contribution in [-0.4, -0.2) is 24.0 Å². The van der Waals surface area contributed by atoms with E-state index in [9.17, 15) is 8.78 Å². The molecule has 156 valence electrons. The van der Waals surface area contributed by atoms with Gasteiger partial charge in [-0.2, -0.15) is 0 Å². The van der Waals surface area contributed by atoms with Gasteiger partial charge in [0.2, 0.25) is 0 Å². The van der Waals surface area contributed by atoms with E-state index in [1.165, 1.54) is 5.56 Å². The van der Waals surface area contributed by atoms with Crippen molar-refractivity contribution in [1.29, 1.82) is 0 Å². The van der Waals surface area contributed by atoms with Crippen LogP contribution in [0.4, 0.5) is 8.78 Å². The lowest BCUT2D eigenvalue weighted by Gasteiger charge is -2.28. The molecule has 3 heteroatoms. The smallest absolute Gasteiger partial charge is 0.136 e. The lowest BCUT2D eigenvalue weighted by atomic mass is 9.92. The molecule has 1 unspecified atom stereocenters. The zero-order chi connectivity index (χ0) is 20.5. The lowest BCUT2D eigenvalue weighted by molar-refractivity contribution is 0.212. The third-order valence-corrected chi connectivity index (χ3v) is 6.84. The predicted octanol–water partition coefficient (Wildman–Crippen LogP) is 6.49. The van der Waals surface area contributed by atoms with E-state index in [2.05, 4.69) is 49.1 Å². The molecule has 0 amide bonds. The van der Waals surface area contributed by atoms with Gasteiger partial charge in [-0.3, -0.25) is 0 Å². The Morgan fingerprint density at radius 1 is 0.862 bits per heavy atom. The Labute approximate surface area is 174 Å². The fourth-order valence-electron chi connectivity index (χ4n) is 4.43. The highest BCUT2D eigenvalue weighted by molar-refractivity contribution is 5.44. The quantitative estimate of drug-likeness (QED) is 0.443. The van der Waals surface area contributed by atoms with Gasteiger partial charge in [0.05, 0.1) is 0 Å². The van der Waals surface area contributed by atoms with Gasteiger partial charge in [0.1, 0.15) is 11.3 Å². The first-order chi connectivity index (χ1) is 13.9. The van der Waals surface area contributed by atoms with Crippen LogP contribution in [0.1, 0.15) is 68.2 Å². The molecular weight excluding hydrogens is 364 g/mol. The number of hydrogen-bond donors (Lipinski definition) is 0. The van der Waals surface area contributed by atoms with Crippen LogP contribution in [-0.2, 0) is 24.2 Å². The molecule has 29 heavy (non-hydrogen) atoms. The highest BCUT2D eigenvalue weighted by Crippen LogP contribution is 2.58. The molecule has 0 saturated heterocycles. The third kappa shape index (κ3) is 4.71. The van der Waals surface area contributed by atoms with Crippen molar-refractivity contribution in [3.05, 3.63) is 70.8 Å². The van der Waals surface area contributed by atoms with Gasteiger partial charge in [-0.1, -0.05) is 55.5 Å². The summed E-state index contributed by atoms with van der Waals surface area (Å²) in [5.41, 5.74) is 1.23. The van der Waals surface area contributed by atoms with E-state index in [0.717, 1.165) is 37.9 Å². The van der Waals surface area contributed by atoms with Crippen molar-refractivity contribution in [3.8, 4) is 0 Å². The first-order valence-electron chi connectivity index (χ1n) is 11.2.